The molecule has 0 radical (unpaired) electrons. The summed E-state index contributed by atoms with van der Waals surface area (Å²) in [4.78, 5) is 34.4. The van der Waals surface area contributed by atoms with Crippen LogP contribution in [0.2, 0.25) is 5.15 Å². The highest BCUT2D eigenvalue weighted by Crippen LogP contribution is 2.21. The van der Waals surface area contributed by atoms with Crippen LogP contribution in [0.25, 0.3) is 0 Å². The molecule has 8 heteroatoms. The molecule has 1 fully saturated rings. The minimum Gasteiger partial charge on any atom is -0.444 e. The van der Waals surface area contributed by atoms with Crippen LogP contribution in [-0.2, 0) is 16.1 Å². The number of carbonyl (C=O) groups excluding carboxylic acids is 2. The van der Waals surface area contributed by atoms with Crippen molar-refractivity contribution in [2.45, 2.75) is 58.2 Å². The van der Waals surface area contributed by atoms with E-state index in [1.807, 2.05) is 0 Å². The highest BCUT2D eigenvalue weighted by molar-refractivity contribution is 6.29. The van der Waals surface area contributed by atoms with Gasteiger partial charge in [-0.1, -0.05) is 11.6 Å². The fourth-order valence-corrected chi connectivity index (χ4v) is 2.67. The van der Waals surface area contributed by atoms with Crippen molar-refractivity contribution in [2.24, 2.45) is 0 Å². The van der Waals surface area contributed by atoms with E-state index in [9.17, 15) is 9.59 Å². The zero-order valence-corrected chi connectivity index (χ0v) is 15.0. The lowest BCUT2D eigenvalue weighted by atomic mass is 10.0. The zero-order valence-electron chi connectivity index (χ0n) is 14.2. The van der Waals surface area contributed by atoms with Crippen LogP contribution in [0.3, 0.4) is 0 Å². The normalized spacial score (nSPS) is 18.2. The number of carbonyl (C=O) groups is 2. The fraction of sp³-hybridized carbons (Fsp3) is 0.625. The van der Waals surface area contributed by atoms with Gasteiger partial charge < -0.3 is 10.1 Å². The first kappa shape index (κ1) is 18.4. The first-order valence-electron chi connectivity index (χ1n) is 8.00. The van der Waals surface area contributed by atoms with Gasteiger partial charge in [-0.2, -0.15) is 0 Å². The van der Waals surface area contributed by atoms with Crippen molar-refractivity contribution in [1.82, 2.24) is 20.2 Å². The standard InChI is InChI=1S/C16H23ClN4O3/c1-16(2,3)24-15(23)21-9-5-4-6-12(21)14(22)20-10-11-13(17)19-8-7-18-11/h7-8,12H,4-6,9-10H2,1-3H3,(H,20,22). The maximum absolute atomic E-state index is 12.5. The second-order valence-electron chi connectivity index (χ2n) is 6.70. The average molecular weight is 355 g/mol. The van der Waals surface area contributed by atoms with Gasteiger partial charge in [-0.25, -0.2) is 9.78 Å². The molecule has 2 heterocycles. The Kier molecular flexibility index (Phi) is 5.99. The lowest BCUT2D eigenvalue weighted by molar-refractivity contribution is -0.127. The number of rotatable bonds is 3. The number of amides is 2. The first-order chi connectivity index (χ1) is 11.3. The number of hydrogen-bond acceptors (Lipinski definition) is 5. The van der Waals surface area contributed by atoms with Gasteiger partial charge >= 0.3 is 6.09 Å². The lowest BCUT2D eigenvalue weighted by Gasteiger charge is -2.35. The van der Waals surface area contributed by atoms with E-state index in [0.717, 1.165) is 12.8 Å². The number of hydrogen-bond donors (Lipinski definition) is 1. The maximum atomic E-state index is 12.5. The molecule has 1 aliphatic heterocycles. The third-order valence-electron chi connectivity index (χ3n) is 3.59. The van der Waals surface area contributed by atoms with E-state index in [4.69, 9.17) is 16.3 Å². The molecule has 0 aliphatic carbocycles. The molecule has 1 atom stereocenters. The van der Waals surface area contributed by atoms with Gasteiger partial charge in [0, 0.05) is 18.9 Å². The summed E-state index contributed by atoms with van der Waals surface area (Å²) in [5.41, 5.74) is -0.102. The molecule has 7 nitrogen and oxygen atoms in total. The second kappa shape index (κ2) is 7.79. The van der Waals surface area contributed by atoms with Crippen LogP contribution in [0, 0.1) is 0 Å². The van der Waals surface area contributed by atoms with Gasteiger partial charge in [-0.3, -0.25) is 14.7 Å². The second-order valence-corrected chi connectivity index (χ2v) is 7.05. The number of nitrogens with zero attached hydrogens (tertiary/aromatic N) is 3. The predicted molar refractivity (Wildman–Crippen MR) is 89.5 cm³/mol. The van der Waals surface area contributed by atoms with Gasteiger partial charge in [-0.05, 0) is 40.0 Å². The number of ether oxygens (including phenoxy) is 1. The molecular weight excluding hydrogens is 332 g/mol. The van der Waals surface area contributed by atoms with Crippen molar-refractivity contribution in [2.75, 3.05) is 6.54 Å². The number of nitrogens with one attached hydrogen (secondary N) is 1. The maximum Gasteiger partial charge on any atom is 0.410 e. The van der Waals surface area contributed by atoms with Crippen molar-refractivity contribution in [3.05, 3.63) is 23.2 Å². The van der Waals surface area contributed by atoms with Crippen molar-refractivity contribution in [3.8, 4) is 0 Å². The molecule has 2 amide bonds. The third kappa shape index (κ3) is 5.06. The average Bonchev–Trinajstić information content (AvgIpc) is 2.52. The largest absolute Gasteiger partial charge is 0.444 e. The van der Waals surface area contributed by atoms with Gasteiger partial charge in [0.25, 0.3) is 0 Å². The van der Waals surface area contributed by atoms with E-state index in [1.165, 1.54) is 17.3 Å². The molecule has 132 valence electrons. The third-order valence-corrected chi connectivity index (χ3v) is 3.90. The Bertz CT molecular complexity index is 603. The monoisotopic (exact) mass is 354 g/mol. The van der Waals surface area contributed by atoms with Crippen molar-refractivity contribution < 1.29 is 14.3 Å². The quantitative estimate of drug-likeness (QED) is 0.901. The Hall–Kier alpha value is -1.89. The van der Waals surface area contributed by atoms with Gasteiger partial charge in [0.05, 0.1) is 12.2 Å². The summed E-state index contributed by atoms with van der Waals surface area (Å²) in [5.74, 6) is -0.234. The Morgan fingerprint density at radius 3 is 2.71 bits per heavy atom. The topological polar surface area (TPSA) is 84.4 Å². The fourth-order valence-electron chi connectivity index (χ4n) is 2.50. The molecule has 0 spiro atoms. The molecule has 24 heavy (non-hydrogen) atoms. The van der Waals surface area contributed by atoms with E-state index in [1.54, 1.807) is 20.8 Å². The van der Waals surface area contributed by atoms with Crippen LogP contribution in [0.15, 0.2) is 12.4 Å². The molecular formula is C16H23ClN4O3. The minimum atomic E-state index is -0.595. The number of piperidine rings is 1. The van der Waals surface area contributed by atoms with E-state index in [0.29, 0.717) is 18.7 Å². The van der Waals surface area contributed by atoms with E-state index in [2.05, 4.69) is 15.3 Å². The van der Waals surface area contributed by atoms with E-state index in [-0.39, 0.29) is 17.6 Å². The van der Waals surface area contributed by atoms with Gasteiger partial charge in [0.15, 0.2) is 5.15 Å². The molecule has 0 aromatic carbocycles. The van der Waals surface area contributed by atoms with Gasteiger partial charge in [0.1, 0.15) is 11.6 Å². The minimum absolute atomic E-state index is 0.171. The van der Waals surface area contributed by atoms with Crippen LogP contribution in [0.4, 0.5) is 4.79 Å². The van der Waals surface area contributed by atoms with Crippen molar-refractivity contribution in [1.29, 1.82) is 0 Å². The van der Waals surface area contributed by atoms with E-state index < -0.39 is 17.7 Å². The summed E-state index contributed by atoms with van der Waals surface area (Å²) in [7, 11) is 0. The predicted octanol–water partition coefficient (Wildman–Crippen LogP) is 2.54. The highest BCUT2D eigenvalue weighted by atomic mass is 35.5. The summed E-state index contributed by atoms with van der Waals surface area (Å²) in [6.07, 6.45) is 4.90. The summed E-state index contributed by atoms with van der Waals surface area (Å²) < 4.78 is 5.40. The molecule has 1 saturated heterocycles. The molecule has 0 bridgehead atoms. The SMILES string of the molecule is CC(C)(C)OC(=O)N1CCCCC1C(=O)NCc1nccnc1Cl. The summed E-state index contributed by atoms with van der Waals surface area (Å²) in [6, 6.07) is -0.538. The molecule has 0 saturated carbocycles. The van der Waals surface area contributed by atoms with Gasteiger partial charge in [0.2, 0.25) is 5.91 Å². The molecule has 1 unspecified atom stereocenters. The number of halogens is 1. The van der Waals surface area contributed by atoms with E-state index >= 15 is 0 Å². The Balaban J connectivity index is 2.00. The Morgan fingerprint density at radius 1 is 1.33 bits per heavy atom. The molecule has 1 N–H and O–H groups in total. The van der Waals surface area contributed by atoms with Crippen LogP contribution in [0.1, 0.15) is 45.7 Å². The zero-order chi connectivity index (χ0) is 17.7. The highest BCUT2D eigenvalue weighted by Gasteiger charge is 2.34. The number of aromatic nitrogens is 2. The molecule has 1 aromatic rings. The Labute approximate surface area is 146 Å². The van der Waals surface area contributed by atoms with Crippen molar-refractivity contribution >= 4 is 23.6 Å². The summed E-state index contributed by atoms with van der Waals surface area (Å²) in [6.45, 7) is 6.10. The van der Waals surface area contributed by atoms with Crippen LogP contribution in [0.5, 0.6) is 0 Å². The van der Waals surface area contributed by atoms with Crippen LogP contribution in [-0.4, -0.2) is 45.1 Å². The first-order valence-corrected chi connectivity index (χ1v) is 8.38. The summed E-state index contributed by atoms with van der Waals surface area (Å²) >= 11 is 5.94. The Morgan fingerprint density at radius 2 is 2.04 bits per heavy atom. The van der Waals surface area contributed by atoms with Crippen molar-refractivity contribution in [3.63, 3.8) is 0 Å². The molecule has 1 aliphatic rings. The van der Waals surface area contributed by atoms with Crippen LogP contribution >= 0.6 is 11.6 Å². The lowest BCUT2D eigenvalue weighted by Crippen LogP contribution is -2.53. The smallest absolute Gasteiger partial charge is 0.410 e. The van der Waals surface area contributed by atoms with Gasteiger partial charge in [-0.15, -0.1) is 0 Å². The number of likely N-dealkylation sites (tertiary alicyclic amines) is 1. The summed E-state index contributed by atoms with van der Waals surface area (Å²) in [5, 5.41) is 3.04. The van der Waals surface area contributed by atoms with Crippen LogP contribution < -0.4 is 5.32 Å². The molecule has 1 aromatic heterocycles. The molecule has 2 rings (SSSR count).